The topological polar surface area (TPSA) is 31.4 Å². The molecule has 0 radical (unpaired) electrons. The molecule has 1 heterocycles. The van der Waals surface area contributed by atoms with Crippen LogP contribution >= 0.6 is 15.9 Å². The summed E-state index contributed by atoms with van der Waals surface area (Å²) in [6.07, 6.45) is 0. The Hall–Kier alpha value is -1.21. The summed E-state index contributed by atoms with van der Waals surface area (Å²) in [5, 5.41) is 0.627. The molecule has 3 nitrogen and oxygen atoms in total. The van der Waals surface area contributed by atoms with Gasteiger partial charge in [-0.25, -0.2) is 0 Å². The zero-order chi connectivity index (χ0) is 10.4. The van der Waals surface area contributed by atoms with E-state index in [-0.39, 0.29) is 0 Å². The monoisotopic (exact) mass is 255 g/mol. The third-order valence-electron chi connectivity index (χ3n) is 1.53. The van der Waals surface area contributed by atoms with Gasteiger partial charge in [0.2, 0.25) is 11.8 Å². The predicted molar refractivity (Wildman–Crippen MR) is 58.0 cm³/mol. The van der Waals surface area contributed by atoms with E-state index in [2.05, 4.69) is 32.8 Å². The highest BCUT2D eigenvalue weighted by atomic mass is 79.9. The molecule has 0 amide bonds. The molecule has 0 bridgehead atoms. The maximum atomic E-state index is 5.08. The summed E-state index contributed by atoms with van der Waals surface area (Å²) in [5.41, 5.74) is 0.757. The first-order chi connectivity index (χ1) is 6.81. The average molecular weight is 256 g/mol. The number of rotatable bonds is 2. The van der Waals surface area contributed by atoms with E-state index >= 15 is 0 Å². The number of halogens is 1. The second-order valence-electron chi connectivity index (χ2n) is 2.35. The maximum absolute atomic E-state index is 5.08. The number of methoxy groups -OCH3 is 2. The normalized spacial score (nSPS) is 8.79. The Bertz CT molecular complexity index is 368. The van der Waals surface area contributed by atoms with Gasteiger partial charge in [0, 0.05) is 6.07 Å². The van der Waals surface area contributed by atoms with Crippen molar-refractivity contribution in [3.8, 4) is 23.6 Å². The van der Waals surface area contributed by atoms with E-state index < -0.39 is 0 Å². The van der Waals surface area contributed by atoms with E-state index in [9.17, 15) is 0 Å². The maximum Gasteiger partial charge on any atom is 0.232 e. The predicted octanol–water partition coefficient (Wildman–Crippen LogP) is 1.85. The van der Waals surface area contributed by atoms with Crippen LogP contribution in [0.1, 0.15) is 5.56 Å². The van der Waals surface area contributed by atoms with Crippen molar-refractivity contribution < 1.29 is 9.47 Å². The second-order valence-corrected chi connectivity index (χ2v) is 2.91. The Kier molecular flexibility index (Phi) is 4.27. The summed E-state index contributed by atoms with van der Waals surface area (Å²) in [4.78, 5) is 4.10. The van der Waals surface area contributed by atoms with E-state index in [1.54, 1.807) is 20.3 Å². The lowest BCUT2D eigenvalue weighted by molar-refractivity contribution is 0.364. The zero-order valence-electron chi connectivity index (χ0n) is 8.00. The van der Waals surface area contributed by atoms with Crippen molar-refractivity contribution in [2.24, 2.45) is 0 Å². The molecule has 14 heavy (non-hydrogen) atoms. The Morgan fingerprint density at radius 3 is 2.71 bits per heavy atom. The molecule has 0 aliphatic rings. The van der Waals surface area contributed by atoms with Crippen molar-refractivity contribution in [1.29, 1.82) is 0 Å². The summed E-state index contributed by atoms with van der Waals surface area (Å²) in [5.74, 6) is 6.81. The van der Waals surface area contributed by atoms with Crippen LogP contribution < -0.4 is 9.47 Å². The standard InChI is InChI=1S/C10H10BrNO2/c1-13-9-6-5-8(4-3-7-11)10(12-9)14-2/h5-6H,7H2,1-2H3. The molecule has 0 unspecified atom stereocenters. The number of ether oxygens (including phenoxy) is 2. The molecule has 4 heteroatoms. The fraction of sp³-hybridized carbons (Fsp3) is 0.300. The van der Waals surface area contributed by atoms with Crippen LogP contribution in [0.5, 0.6) is 11.8 Å². The third-order valence-corrected chi connectivity index (χ3v) is 1.81. The van der Waals surface area contributed by atoms with Gasteiger partial charge < -0.3 is 9.47 Å². The van der Waals surface area contributed by atoms with Gasteiger partial charge in [-0.15, -0.1) is 0 Å². The van der Waals surface area contributed by atoms with Gasteiger partial charge in [-0.05, 0) is 6.07 Å². The lowest BCUT2D eigenvalue weighted by atomic mass is 10.3. The number of alkyl halides is 1. The van der Waals surface area contributed by atoms with Gasteiger partial charge in [-0.1, -0.05) is 27.8 Å². The van der Waals surface area contributed by atoms with Gasteiger partial charge in [0.15, 0.2) is 0 Å². The largest absolute Gasteiger partial charge is 0.481 e. The minimum absolute atomic E-state index is 0.484. The molecule has 0 aliphatic heterocycles. The van der Waals surface area contributed by atoms with Gasteiger partial charge in [-0.3, -0.25) is 0 Å². The molecule has 0 aromatic carbocycles. The minimum atomic E-state index is 0.484. The summed E-state index contributed by atoms with van der Waals surface area (Å²) >= 11 is 3.22. The number of pyridine rings is 1. The number of aromatic nitrogens is 1. The highest BCUT2D eigenvalue weighted by Crippen LogP contribution is 2.18. The van der Waals surface area contributed by atoms with Crippen LogP contribution in [-0.4, -0.2) is 24.5 Å². The van der Waals surface area contributed by atoms with E-state index in [1.165, 1.54) is 0 Å². The van der Waals surface area contributed by atoms with Gasteiger partial charge >= 0.3 is 0 Å². The van der Waals surface area contributed by atoms with Crippen LogP contribution in [0.2, 0.25) is 0 Å². The van der Waals surface area contributed by atoms with Gasteiger partial charge in [0.1, 0.15) is 0 Å². The van der Waals surface area contributed by atoms with Crippen LogP contribution in [0.15, 0.2) is 12.1 Å². The molecule has 74 valence electrons. The van der Waals surface area contributed by atoms with Gasteiger partial charge in [0.05, 0.1) is 25.1 Å². The lowest BCUT2D eigenvalue weighted by Crippen LogP contribution is -1.94. The zero-order valence-corrected chi connectivity index (χ0v) is 9.59. The Morgan fingerprint density at radius 2 is 2.14 bits per heavy atom. The molecule has 0 saturated carbocycles. The number of hydrogen-bond donors (Lipinski definition) is 0. The molecule has 1 aromatic rings. The summed E-state index contributed by atoms with van der Waals surface area (Å²) < 4.78 is 10.0. The molecule has 0 atom stereocenters. The number of hydrogen-bond acceptors (Lipinski definition) is 3. The van der Waals surface area contributed by atoms with Crippen molar-refractivity contribution >= 4 is 15.9 Å². The second kappa shape index (κ2) is 5.51. The first-order valence-corrected chi connectivity index (χ1v) is 5.07. The fourth-order valence-corrected chi connectivity index (χ4v) is 1.06. The van der Waals surface area contributed by atoms with Gasteiger partial charge in [0.25, 0.3) is 0 Å². The third kappa shape index (κ3) is 2.64. The Morgan fingerprint density at radius 1 is 1.36 bits per heavy atom. The van der Waals surface area contributed by atoms with Crippen molar-refractivity contribution in [3.05, 3.63) is 17.7 Å². The lowest BCUT2D eigenvalue weighted by Gasteiger charge is -2.03. The van der Waals surface area contributed by atoms with Crippen LogP contribution in [0.4, 0.5) is 0 Å². The van der Waals surface area contributed by atoms with Crippen LogP contribution in [-0.2, 0) is 0 Å². The van der Waals surface area contributed by atoms with Crippen molar-refractivity contribution in [3.63, 3.8) is 0 Å². The summed E-state index contributed by atoms with van der Waals surface area (Å²) in [7, 11) is 3.12. The Labute approximate surface area is 91.6 Å². The molecule has 0 fully saturated rings. The molecule has 1 aromatic heterocycles. The quantitative estimate of drug-likeness (QED) is 0.597. The minimum Gasteiger partial charge on any atom is -0.481 e. The molecule has 0 aliphatic carbocycles. The smallest absolute Gasteiger partial charge is 0.232 e. The van der Waals surface area contributed by atoms with E-state index in [4.69, 9.17) is 9.47 Å². The molecular weight excluding hydrogens is 246 g/mol. The van der Waals surface area contributed by atoms with Crippen LogP contribution in [0.25, 0.3) is 0 Å². The van der Waals surface area contributed by atoms with Crippen LogP contribution in [0, 0.1) is 11.8 Å². The first-order valence-electron chi connectivity index (χ1n) is 3.95. The number of nitrogens with zero attached hydrogens (tertiary/aromatic N) is 1. The van der Waals surface area contributed by atoms with Crippen molar-refractivity contribution in [2.45, 2.75) is 0 Å². The Balaban J connectivity index is 3.05. The highest BCUT2D eigenvalue weighted by Gasteiger charge is 2.03. The molecule has 0 N–H and O–H groups in total. The molecule has 0 saturated heterocycles. The molecule has 1 rings (SSSR count). The van der Waals surface area contributed by atoms with E-state index in [1.807, 2.05) is 6.07 Å². The molecule has 0 spiro atoms. The SMILES string of the molecule is COc1ccc(C#CCBr)c(OC)n1. The van der Waals surface area contributed by atoms with Crippen LogP contribution in [0.3, 0.4) is 0 Å². The average Bonchev–Trinajstić information content (AvgIpc) is 2.26. The fourth-order valence-electron chi connectivity index (χ4n) is 0.917. The summed E-state index contributed by atoms with van der Waals surface area (Å²) in [6.45, 7) is 0. The van der Waals surface area contributed by atoms with E-state index in [0.717, 1.165) is 5.56 Å². The highest BCUT2D eigenvalue weighted by molar-refractivity contribution is 9.09. The van der Waals surface area contributed by atoms with Crippen molar-refractivity contribution in [2.75, 3.05) is 19.5 Å². The van der Waals surface area contributed by atoms with Gasteiger partial charge in [-0.2, -0.15) is 4.98 Å². The van der Waals surface area contributed by atoms with Crippen molar-refractivity contribution in [1.82, 2.24) is 4.98 Å². The first kappa shape index (κ1) is 10.9. The molecular formula is C10H10BrNO2. The summed E-state index contributed by atoms with van der Waals surface area (Å²) in [6, 6.07) is 3.57. The van der Waals surface area contributed by atoms with E-state index in [0.29, 0.717) is 17.1 Å².